The molecule has 11 rings (SSSR count). The van der Waals surface area contributed by atoms with E-state index in [1.165, 1.54) is 27.1 Å². The molecular weight excluding hydrogens is 597 g/mol. The molecule has 0 radical (unpaired) electrons. The van der Waals surface area contributed by atoms with Crippen LogP contribution in [0.1, 0.15) is 0 Å². The van der Waals surface area contributed by atoms with E-state index in [1.54, 1.807) is 0 Å². The monoisotopic (exact) mass is 622 g/mol. The molecule has 3 heteroatoms. The third kappa shape index (κ3) is 3.67. The highest BCUT2D eigenvalue weighted by Gasteiger charge is 2.23. The zero-order valence-corrected chi connectivity index (χ0v) is 26.3. The Morgan fingerprint density at radius 1 is 0.408 bits per heavy atom. The molecule has 8 aromatic carbocycles. The molecule has 11 aromatic rings. The van der Waals surface area contributed by atoms with Crippen molar-refractivity contribution in [3.05, 3.63) is 158 Å². The van der Waals surface area contributed by atoms with Crippen LogP contribution < -0.4 is 0 Å². The Kier molecular flexibility index (Phi) is 5.38. The second-order valence-electron chi connectivity index (χ2n) is 12.8. The van der Waals surface area contributed by atoms with Crippen LogP contribution in [0, 0.1) is 0 Å². The smallest absolute Gasteiger partial charge is 0.143 e. The molecule has 0 N–H and O–H groups in total. The second kappa shape index (κ2) is 9.96. The number of para-hydroxylation sites is 3. The van der Waals surface area contributed by atoms with E-state index in [0.29, 0.717) is 0 Å². The average molecular weight is 623 g/mol. The lowest BCUT2D eigenvalue weighted by molar-refractivity contribution is 0.670. The number of nitrogens with zero attached hydrogens (tertiary/aromatic N) is 2. The van der Waals surface area contributed by atoms with Crippen molar-refractivity contribution >= 4 is 86.8 Å². The van der Waals surface area contributed by atoms with Crippen LogP contribution in [0.2, 0.25) is 0 Å². The van der Waals surface area contributed by atoms with Gasteiger partial charge in [-0.15, -0.1) is 0 Å². The molecule has 0 aliphatic rings. The zero-order chi connectivity index (χ0) is 32.1. The lowest BCUT2D eigenvalue weighted by atomic mass is 9.85. The molecular formula is C46H26N2O. The van der Waals surface area contributed by atoms with Crippen LogP contribution in [0.25, 0.3) is 109 Å². The molecule has 226 valence electrons. The number of pyridine rings is 2. The van der Waals surface area contributed by atoms with Crippen LogP contribution in [-0.4, -0.2) is 9.97 Å². The lowest BCUT2D eigenvalue weighted by Crippen LogP contribution is -1.95. The maximum Gasteiger partial charge on any atom is 0.143 e. The molecule has 0 fully saturated rings. The fourth-order valence-corrected chi connectivity index (χ4v) is 8.20. The first-order valence-corrected chi connectivity index (χ1v) is 16.7. The average Bonchev–Trinajstić information content (AvgIpc) is 3.55. The summed E-state index contributed by atoms with van der Waals surface area (Å²) in [5.74, 6) is 0. The van der Waals surface area contributed by atoms with Crippen molar-refractivity contribution in [2.75, 3.05) is 0 Å². The molecule has 3 heterocycles. The predicted octanol–water partition coefficient (Wildman–Crippen LogP) is 12.6. The van der Waals surface area contributed by atoms with Crippen molar-refractivity contribution < 1.29 is 4.42 Å². The van der Waals surface area contributed by atoms with E-state index < -0.39 is 0 Å². The Balaban J connectivity index is 1.33. The summed E-state index contributed by atoms with van der Waals surface area (Å²) in [6.07, 6.45) is 1.90. The van der Waals surface area contributed by atoms with E-state index in [9.17, 15) is 0 Å². The predicted molar refractivity (Wildman–Crippen MR) is 205 cm³/mol. The Labute approximate surface area is 280 Å². The van der Waals surface area contributed by atoms with Crippen molar-refractivity contribution in [1.82, 2.24) is 9.97 Å². The van der Waals surface area contributed by atoms with Crippen LogP contribution in [0.3, 0.4) is 0 Å². The fraction of sp³-hybridized carbons (Fsp3) is 0. The molecule has 3 aromatic heterocycles. The number of hydrogen-bond acceptors (Lipinski definition) is 3. The number of fused-ring (bicyclic) bond motifs is 12. The van der Waals surface area contributed by atoms with Crippen molar-refractivity contribution in [3.63, 3.8) is 0 Å². The van der Waals surface area contributed by atoms with Crippen LogP contribution >= 0.6 is 0 Å². The highest BCUT2D eigenvalue weighted by atomic mass is 16.3. The van der Waals surface area contributed by atoms with Crippen molar-refractivity contribution in [1.29, 1.82) is 0 Å². The van der Waals surface area contributed by atoms with E-state index in [-0.39, 0.29) is 0 Å². The Hall–Kier alpha value is -6.58. The number of hydrogen-bond donors (Lipinski definition) is 0. The molecule has 0 aliphatic carbocycles. The Morgan fingerprint density at radius 2 is 1.04 bits per heavy atom. The Morgan fingerprint density at radius 3 is 1.84 bits per heavy atom. The van der Waals surface area contributed by atoms with Crippen molar-refractivity contribution in [2.24, 2.45) is 0 Å². The minimum Gasteiger partial charge on any atom is -0.455 e. The molecule has 3 nitrogen and oxygen atoms in total. The summed E-state index contributed by atoms with van der Waals surface area (Å²) in [5, 5.41) is 13.8. The van der Waals surface area contributed by atoms with E-state index in [2.05, 4.69) is 140 Å². The minimum absolute atomic E-state index is 0.899. The van der Waals surface area contributed by atoms with Crippen LogP contribution in [-0.2, 0) is 0 Å². The number of aromatic nitrogens is 2. The van der Waals surface area contributed by atoms with Gasteiger partial charge in [-0.1, -0.05) is 133 Å². The van der Waals surface area contributed by atoms with E-state index in [1.807, 2.05) is 18.3 Å². The molecule has 49 heavy (non-hydrogen) atoms. The lowest BCUT2D eigenvalue weighted by Gasteiger charge is -2.19. The summed E-state index contributed by atoms with van der Waals surface area (Å²) < 4.78 is 6.61. The van der Waals surface area contributed by atoms with Crippen molar-refractivity contribution in [3.8, 4) is 22.4 Å². The van der Waals surface area contributed by atoms with Crippen LogP contribution in [0.4, 0.5) is 0 Å². The summed E-state index contributed by atoms with van der Waals surface area (Å²) in [4.78, 5) is 10.4. The van der Waals surface area contributed by atoms with Gasteiger partial charge in [0, 0.05) is 60.6 Å². The van der Waals surface area contributed by atoms with Gasteiger partial charge in [0.15, 0.2) is 0 Å². The van der Waals surface area contributed by atoms with Gasteiger partial charge in [0.25, 0.3) is 0 Å². The SMILES string of the molecule is c1cnc2c(c1)ccc1ccc3c(-c4c5ccccc5c(-c5cccc6c5oc5ccccc56)c5ccccc45)nc4ccccc4c3c12. The topological polar surface area (TPSA) is 38.9 Å². The van der Waals surface area contributed by atoms with Gasteiger partial charge in [0.1, 0.15) is 11.2 Å². The summed E-state index contributed by atoms with van der Waals surface area (Å²) in [6.45, 7) is 0. The Bertz CT molecular complexity index is 3120. The van der Waals surface area contributed by atoms with Gasteiger partial charge in [-0.25, -0.2) is 4.98 Å². The fourth-order valence-electron chi connectivity index (χ4n) is 8.20. The van der Waals surface area contributed by atoms with E-state index in [4.69, 9.17) is 14.4 Å². The highest BCUT2D eigenvalue weighted by molar-refractivity contribution is 6.31. The van der Waals surface area contributed by atoms with Gasteiger partial charge in [-0.3, -0.25) is 4.98 Å². The maximum atomic E-state index is 6.61. The van der Waals surface area contributed by atoms with Gasteiger partial charge < -0.3 is 4.42 Å². The van der Waals surface area contributed by atoms with Gasteiger partial charge in [0.05, 0.1) is 16.7 Å². The van der Waals surface area contributed by atoms with Crippen molar-refractivity contribution in [2.45, 2.75) is 0 Å². The molecule has 0 atom stereocenters. The molecule has 0 amide bonds. The summed E-state index contributed by atoms with van der Waals surface area (Å²) in [5.41, 5.74) is 8.16. The normalized spacial score (nSPS) is 12.1. The van der Waals surface area contributed by atoms with E-state index >= 15 is 0 Å². The zero-order valence-electron chi connectivity index (χ0n) is 26.3. The third-order valence-electron chi connectivity index (χ3n) is 10.3. The van der Waals surface area contributed by atoms with Gasteiger partial charge in [-0.2, -0.15) is 0 Å². The standard InChI is InChI=1S/C46H26N2O/c1-3-15-32-30(13-1)41(37-19-9-18-34-29-12-6-8-21-39(29)49-46(34)37)31-14-2-4-16-33(31)43(32)45-36-25-24-27-22-23-28-11-10-26-47-44(28)40(27)42(36)35-17-5-7-20-38(35)48-45/h1-26H. The number of rotatable bonds is 2. The molecule has 0 bridgehead atoms. The minimum atomic E-state index is 0.899. The quantitative estimate of drug-likeness (QED) is 0.142. The molecule has 0 saturated carbocycles. The van der Waals surface area contributed by atoms with Crippen LogP contribution in [0.5, 0.6) is 0 Å². The molecule has 0 aliphatic heterocycles. The second-order valence-corrected chi connectivity index (χ2v) is 12.8. The maximum absolute atomic E-state index is 6.61. The number of benzene rings is 8. The first kappa shape index (κ1) is 26.5. The third-order valence-corrected chi connectivity index (χ3v) is 10.3. The first-order chi connectivity index (χ1) is 24.3. The molecule has 0 saturated heterocycles. The van der Waals surface area contributed by atoms with Gasteiger partial charge >= 0.3 is 0 Å². The van der Waals surface area contributed by atoms with E-state index in [0.717, 1.165) is 82.1 Å². The highest BCUT2D eigenvalue weighted by Crippen LogP contribution is 2.48. The summed E-state index contributed by atoms with van der Waals surface area (Å²) in [6, 6.07) is 53.9. The van der Waals surface area contributed by atoms with Gasteiger partial charge in [-0.05, 0) is 45.1 Å². The first-order valence-electron chi connectivity index (χ1n) is 16.7. The summed E-state index contributed by atoms with van der Waals surface area (Å²) in [7, 11) is 0. The van der Waals surface area contributed by atoms with Crippen LogP contribution in [0.15, 0.2) is 162 Å². The molecule has 0 spiro atoms. The number of furan rings is 1. The largest absolute Gasteiger partial charge is 0.455 e. The summed E-state index contributed by atoms with van der Waals surface area (Å²) >= 11 is 0. The molecule has 0 unspecified atom stereocenters. The van der Waals surface area contributed by atoms with Gasteiger partial charge in [0.2, 0.25) is 0 Å².